The van der Waals surface area contributed by atoms with Crippen molar-refractivity contribution in [3.05, 3.63) is 33.1 Å². The van der Waals surface area contributed by atoms with Crippen molar-refractivity contribution in [2.75, 3.05) is 48.5 Å². The number of likely N-dealkylation sites (N-methyl/N-ethyl adjacent to an activating group) is 2. The fraction of sp³-hybridized carbons (Fsp3) is 0.830. The zero-order valence-corrected chi connectivity index (χ0v) is 49.7. The number of aliphatic hydroxyl groups excluding tert-OH is 3. The first-order valence-corrected chi connectivity index (χ1v) is 29.9. The van der Waals surface area contributed by atoms with Gasteiger partial charge in [0, 0.05) is 66.6 Å². The number of methoxy groups -OCH3 is 3. The molecule has 0 saturated carbocycles. The Kier molecular flexibility index (Phi) is 27.5. The summed E-state index contributed by atoms with van der Waals surface area (Å²) in [5.74, 6) is -5.92. The summed E-state index contributed by atoms with van der Waals surface area (Å²) in [5.41, 5.74) is 3.63. The number of aliphatic hydroxyl groups is 3. The van der Waals surface area contributed by atoms with Gasteiger partial charge in [0.05, 0.1) is 12.5 Å². The summed E-state index contributed by atoms with van der Waals surface area (Å²) in [5, 5.41) is 44.4. The molecule has 0 radical (unpaired) electrons. The van der Waals surface area contributed by atoms with Crippen LogP contribution in [-0.2, 0) is 85.9 Å². The molecule has 4 fully saturated rings. The predicted molar refractivity (Wildman–Crippen MR) is 290 cm³/mol. The monoisotopic (exact) mass is 1230 g/mol. The SMILES string of the molecule is CCCCCCCCCCCCCC(CC(=O)OC1CN(C)C(C(OC2OC(CN)C(O)C2O)C2OC(n3ccc(=O)[nH]c3=O)C(OS(=O)(=O)O)C2O)C(=O)N(C)C1C(=O)O)OC(=O)CC(C)CC(=O)OC1OC(C)C(OC)C(OC)C1OC. The van der Waals surface area contributed by atoms with Gasteiger partial charge < -0.3 is 78.4 Å². The van der Waals surface area contributed by atoms with Gasteiger partial charge >= 0.3 is 40.0 Å². The van der Waals surface area contributed by atoms with Gasteiger partial charge in [-0.15, -0.1) is 0 Å². The number of rotatable bonds is 33. The molecule has 480 valence electrons. The predicted octanol–water partition coefficient (Wildman–Crippen LogP) is -0.337. The average Bonchev–Trinajstić information content (AvgIpc) is 3.03. The smallest absolute Gasteiger partial charge is 0.397 e. The highest BCUT2D eigenvalue weighted by atomic mass is 32.3. The highest BCUT2D eigenvalue weighted by molar-refractivity contribution is 7.80. The Bertz CT molecular complexity index is 2520. The van der Waals surface area contributed by atoms with E-state index in [9.17, 15) is 67.0 Å². The standard InChI is InChI=1S/C53H87N5O25S/c1-9-10-11-12-13-14-15-16-17-18-19-20-30(77-34(60)23-28(2)24-35(61)80-52-47(75-8)46(74-7)42(73-6)29(3)76-52)25-36(62)78-32-27-56(4)38(48(66)57(5)37(32)50(67)68)43(82-51-40(64)39(63)31(26-54)79-51)44-41(65)45(83-84(70,71)72)49(81-44)58-22-21-33(59)55-53(58)69/h21-22,28-32,37-47,49,51-52,63-65H,9-20,23-27,54H2,1-8H3,(H,67,68)(H,55,59,69)(H,70,71,72). The number of hydrogen-bond acceptors (Lipinski definition) is 25. The normalized spacial score (nSPS) is 31.5. The van der Waals surface area contributed by atoms with E-state index in [2.05, 4.69) is 6.92 Å². The first kappa shape index (κ1) is 70.2. The zero-order chi connectivity index (χ0) is 62.2. The lowest BCUT2D eigenvalue weighted by atomic mass is 9.97. The summed E-state index contributed by atoms with van der Waals surface area (Å²) in [4.78, 5) is 98.0. The lowest BCUT2D eigenvalue weighted by molar-refractivity contribution is -0.297. The quantitative estimate of drug-likeness (QED) is 0.0205. The van der Waals surface area contributed by atoms with Crippen LogP contribution in [0.2, 0.25) is 0 Å². The number of aromatic amines is 1. The first-order valence-electron chi connectivity index (χ1n) is 28.5. The minimum Gasteiger partial charge on any atom is -0.480 e. The van der Waals surface area contributed by atoms with Gasteiger partial charge in [-0.05, 0) is 32.7 Å². The molecular weight excluding hydrogens is 1140 g/mol. The minimum absolute atomic E-state index is 0.187. The van der Waals surface area contributed by atoms with Crippen molar-refractivity contribution in [1.29, 1.82) is 0 Å². The van der Waals surface area contributed by atoms with Crippen molar-refractivity contribution >= 4 is 40.2 Å². The number of carboxylic acids is 1. The molecule has 19 unspecified atom stereocenters. The fourth-order valence-corrected chi connectivity index (χ4v) is 11.7. The number of aromatic nitrogens is 2. The number of nitrogens with zero attached hydrogens (tertiary/aromatic N) is 3. The second kappa shape index (κ2) is 33.0. The summed E-state index contributed by atoms with van der Waals surface area (Å²) < 4.78 is 97.4. The molecule has 1 aromatic heterocycles. The largest absolute Gasteiger partial charge is 0.480 e. The molecule has 5 rings (SSSR count). The molecule has 84 heavy (non-hydrogen) atoms. The second-order valence-electron chi connectivity index (χ2n) is 21.9. The number of carbonyl (C=O) groups excluding carboxylic acids is 4. The van der Waals surface area contributed by atoms with Crippen LogP contribution >= 0.6 is 0 Å². The van der Waals surface area contributed by atoms with Gasteiger partial charge in [0.1, 0.15) is 73.2 Å². The molecule has 1 amide bonds. The Balaban J connectivity index is 1.37. The Morgan fingerprint density at radius 3 is 1.93 bits per heavy atom. The molecule has 8 N–H and O–H groups in total. The minimum atomic E-state index is -5.49. The third-order valence-corrected chi connectivity index (χ3v) is 16.0. The van der Waals surface area contributed by atoms with Gasteiger partial charge in [0.15, 0.2) is 24.7 Å². The molecule has 4 aliphatic rings. The first-order chi connectivity index (χ1) is 39.8. The molecule has 4 saturated heterocycles. The van der Waals surface area contributed by atoms with Crippen LogP contribution in [0.3, 0.4) is 0 Å². The summed E-state index contributed by atoms with van der Waals surface area (Å²) in [6.45, 7) is 4.54. The Morgan fingerprint density at radius 1 is 0.774 bits per heavy atom. The van der Waals surface area contributed by atoms with E-state index in [1.54, 1.807) is 13.8 Å². The lowest BCUT2D eigenvalue weighted by Gasteiger charge is -2.43. The number of unbranched alkanes of at least 4 members (excludes halogenated alkanes) is 10. The van der Waals surface area contributed by atoms with Crippen LogP contribution in [0.25, 0.3) is 0 Å². The van der Waals surface area contributed by atoms with Crippen molar-refractivity contribution in [3.63, 3.8) is 0 Å². The maximum Gasteiger partial charge on any atom is 0.397 e. The van der Waals surface area contributed by atoms with E-state index in [4.69, 9.17) is 57.3 Å². The third kappa shape index (κ3) is 19.0. The molecule has 1 aromatic rings. The number of nitrogens with one attached hydrogen (secondary N) is 1. The Morgan fingerprint density at radius 2 is 1.37 bits per heavy atom. The van der Waals surface area contributed by atoms with Crippen LogP contribution in [-0.4, -0.2) is 235 Å². The molecule has 0 aliphatic carbocycles. The molecule has 5 heterocycles. The van der Waals surface area contributed by atoms with Crippen LogP contribution in [0.15, 0.2) is 21.9 Å². The van der Waals surface area contributed by atoms with Crippen LogP contribution < -0.4 is 17.0 Å². The van der Waals surface area contributed by atoms with Gasteiger partial charge in [-0.25, -0.2) is 13.8 Å². The van der Waals surface area contributed by atoms with Gasteiger partial charge in [0.25, 0.3) is 5.56 Å². The van der Waals surface area contributed by atoms with Crippen LogP contribution in [0.4, 0.5) is 0 Å². The molecule has 0 bridgehead atoms. The summed E-state index contributed by atoms with van der Waals surface area (Å²) in [7, 11) is 1.19. The van der Waals surface area contributed by atoms with Crippen LogP contribution in [0.5, 0.6) is 0 Å². The Hall–Kier alpha value is -4.58. The average molecular weight is 1230 g/mol. The number of ether oxygens (including phenoxy) is 10. The van der Waals surface area contributed by atoms with E-state index in [1.165, 1.54) is 47.6 Å². The van der Waals surface area contributed by atoms with Crippen molar-refractivity contribution in [1.82, 2.24) is 19.4 Å². The third-order valence-electron chi connectivity index (χ3n) is 15.6. The highest BCUT2D eigenvalue weighted by Crippen LogP contribution is 2.39. The molecule has 4 aliphatic heterocycles. The molecular formula is C53H87N5O25S. The number of H-pyrrole nitrogens is 1. The van der Waals surface area contributed by atoms with Crippen molar-refractivity contribution in [2.45, 2.75) is 227 Å². The summed E-state index contributed by atoms with van der Waals surface area (Å²) in [6.07, 6.45) is -12.9. The number of carboxylic acid groups (broad SMARTS) is 1. The summed E-state index contributed by atoms with van der Waals surface area (Å²) >= 11 is 0. The Labute approximate surface area is 487 Å². The van der Waals surface area contributed by atoms with Crippen LogP contribution in [0.1, 0.15) is 123 Å². The van der Waals surface area contributed by atoms with Crippen molar-refractivity contribution in [2.24, 2.45) is 11.7 Å². The summed E-state index contributed by atoms with van der Waals surface area (Å²) in [6, 6.07) is -3.00. The van der Waals surface area contributed by atoms with E-state index < -0.39 is 181 Å². The van der Waals surface area contributed by atoms with Crippen molar-refractivity contribution in [3.8, 4) is 0 Å². The number of nitrogens with two attached hydrogens (primary N) is 1. The maximum absolute atomic E-state index is 14.8. The number of esters is 3. The van der Waals surface area contributed by atoms with E-state index in [-0.39, 0.29) is 25.8 Å². The lowest BCUT2D eigenvalue weighted by Crippen LogP contribution is -2.59. The number of hydrogen-bond donors (Lipinski definition) is 7. The van der Waals surface area contributed by atoms with E-state index in [0.29, 0.717) is 15.9 Å². The fourth-order valence-electron chi connectivity index (χ4n) is 11.3. The molecule has 0 spiro atoms. The highest BCUT2D eigenvalue weighted by Gasteiger charge is 2.59. The van der Waals surface area contributed by atoms with Gasteiger partial charge in [0.2, 0.25) is 12.2 Å². The molecule has 19 atom stereocenters. The number of carbonyl (C=O) groups is 5. The van der Waals surface area contributed by atoms with E-state index in [0.717, 1.165) is 69.2 Å². The second-order valence-corrected chi connectivity index (χ2v) is 23.0. The van der Waals surface area contributed by atoms with Gasteiger partial charge in [-0.1, -0.05) is 78.1 Å². The van der Waals surface area contributed by atoms with Crippen molar-refractivity contribution < 1.29 is 109 Å². The van der Waals surface area contributed by atoms with E-state index in [1.807, 2.05) is 4.98 Å². The molecule has 31 heteroatoms. The molecule has 0 aromatic carbocycles. The number of amides is 1. The maximum atomic E-state index is 14.8. The van der Waals surface area contributed by atoms with E-state index >= 15 is 0 Å². The van der Waals surface area contributed by atoms with Gasteiger partial charge in [-0.2, -0.15) is 8.42 Å². The van der Waals surface area contributed by atoms with Gasteiger partial charge in [-0.3, -0.25) is 43.0 Å². The number of aliphatic carboxylic acids is 1. The zero-order valence-electron chi connectivity index (χ0n) is 48.9. The van der Waals surface area contributed by atoms with Crippen LogP contribution in [0, 0.1) is 5.92 Å². The topological polar surface area (TPSA) is 410 Å². The molecule has 30 nitrogen and oxygen atoms in total.